The van der Waals surface area contributed by atoms with Crippen molar-refractivity contribution in [2.45, 2.75) is 180 Å². The Hall–Kier alpha value is -4.44. The van der Waals surface area contributed by atoms with Crippen LogP contribution in [-0.2, 0) is 27.1 Å². The second kappa shape index (κ2) is 12.6. The summed E-state index contributed by atoms with van der Waals surface area (Å²) in [6, 6.07) is 37.4. The molecule has 0 saturated heterocycles. The van der Waals surface area contributed by atoms with Crippen LogP contribution in [-0.4, -0.2) is 17.8 Å². The molecule has 4 heterocycles. The van der Waals surface area contributed by atoms with Crippen LogP contribution in [0.4, 0.5) is 39.8 Å². The minimum absolute atomic E-state index is 0.00266. The Bertz CT molecular complexity index is 2710. The van der Waals surface area contributed by atoms with E-state index in [4.69, 9.17) is 0 Å². The summed E-state index contributed by atoms with van der Waals surface area (Å²) in [6.45, 7) is 31.9. The normalized spacial score (nSPS) is 27.0. The van der Waals surface area contributed by atoms with Gasteiger partial charge >= 0.3 is 0 Å². The van der Waals surface area contributed by atoms with Gasteiger partial charge in [-0.05, 0) is 136 Å². The van der Waals surface area contributed by atoms with Crippen LogP contribution in [0.15, 0.2) is 91.0 Å². The monoisotopic (exact) mass is 820 g/mol. The van der Waals surface area contributed by atoms with Crippen molar-refractivity contribution < 1.29 is 0 Å². The molecule has 0 N–H and O–H groups in total. The highest BCUT2D eigenvalue weighted by Crippen LogP contribution is 2.65. The maximum absolute atomic E-state index is 2.93. The third-order valence-corrected chi connectivity index (χ3v) is 18.0. The Kier molecular flexibility index (Phi) is 8.22. The lowest BCUT2D eigenvalue weighted by atomic mass is 9.33. The summed E-state index contributed by atoms with van der Waals surface area (Å²) >= 11 is 0. The van der Waals surface area contributed by atoms with Crippen LogP contribution in [0.1, 0.15) is 169 Å². The number of nitrogens with zero attached hydrogens (tertiary/aromatic N) is 3. The first-order valence-electron chi connectivity index (χ1n) is 24.2. The van der Waals surface area contributed by atoms with E-state index < -0.39 is 0 Å². The van der Waals surface area contributed by atoms with E-state index in [0.29, 0.717) is 0 Å². The topological polar surface area (TPSA) is 9.72 Å². The van der Waals surface area contributed by atoms with Gasteiger partial charge in [-0.3, -0.25) is 0 Å². The molecule has 3 nitrogen and oxygen atoms in total. The zero-order chi connectivity index (χ0) is 43.7. The molecule has 11 rings (SSSR count). The van der Waals surface area contributed by atoms with E-state index in [2.05, 4.69) is 196 Å². The quantitative estimate of drug-likeness (QED) is 0.161. The fourth-order valence-corrected chi connectivity index (χ4v) is 13.9. The number of fused-ring (bicyclic) bond motifs is 10. The van der Waals surface area contributed by atoms with Crippen LogP contribution in [0.25, 0.3) is 0 Å². The van der Waals surface area contributed by atoms with Crippen molar-refractivity contribution in [3.8, 4) is 0 Å². The SMILES string of the molecule is CC(C)(C)c1cccc(N2c3cc(C(C)(C)C)ccc3B3c4cccc5c4N(c4cc(N6c7ccc(C(C)(C)C)cc7C7(C)CCCCC67C)cc2c43)C2(C)CCCCC52C)c1. The molecule has 5 aromatic carbocycles. The number of hydrogen-bond donors (Lipinski definition) is 0. The fraction of sp³-hybridized carbons (Fsp3) is 0.483. The molecule has 0 aromatic heterocycles. The molecule has 0 amide bonds. The van der Waals surface area contributed by atoms with Crippen molar-refractivity contribution >= 4 is 62.9 Å². The third kappa shape index (κ3) is 5.13. The Balaban J connectivity index is 1.27. The van der Waals surface area contributed by atoms with Gasteiger partial charge in [0, 0.05) is 50.6 Å². The van der Waals surface area contributed by atoms with Gasteiger partial charge in [-0.25, -0.2) is 0 Å². The van der Waals surface area contributed by atoms with Gasteiger partial charge in [0.15, 0.2) is 0 Å². The molecular formula is C58H70BN3. The van der Waals surface area contributed by atoms with Gasteiger partial charge < -0.3 is 14.7 Å². The fourth-order valence-electron chi connectivity index (χ4n) is 13.9. The molecule has 4 heteroatoms. The van der Waals surface area contributed by atoms with E-state index in [1.807, 2.05) is 0 Å². The van der Waals surface area contributed by atoms with Crippen LogP contribution in [0.2, 0.25) is 0 Å². The number of anilines is 7. The van der Waals surface area contributed by atoms with E-state index in [1.165, 1.54) is 124 Å². The van der Waals surface area contributed by atoms with Crippen molar-refractivity contribution in [1.29, 1.82) is 0 Å². The van der Waals surface area contributed by atoms with Crippen LogP contribution in [0.3, 0.4) is 0 Å². The van der Waals surface area contributed by atoms with Crippen molar-refractivity contribution in [2.24, 2.45) is 0 Å². The van der Waals surface area contributed by atoms with Crippen LogP contribution in [0.5, 0.6) is 0 Å². The van der Waals surface area contributed by atoms with E-state index in [0.717, 1.165) is 0 Å². The summed E-state index contributed by atoms with van der Waals surface area (Å²) in [4.78, 5) is 8.49. The largest absolute Gasteiger partial charge is 0.335 e. The van der Waals surface area contributed by atoms with Gasteiger partial charge in [-0.15, -0.1) is 0 Å². The lowest BCUT2D eigenvalue weighted by molar-refractivity contribution is 0.194. The molecule has 320 valence electrons. The van der Waals surface area contributed by atoms with E-state index in [9.17, 15) is 0 Å². The molecule has 4 unspecified atom stereocenters. The summed E-state index contributed by atoms with van der Waals surface area (Å²) in [5, 5.41) is 0. The van der Waals surface area contributed by atoms with Crippen molar-refractivity contribution in [3.05, 3.63) is 119 Å². The number of hydrogen-bond acceptors (Lipinski definition) is 3. The zero-order valence-electron chi connectivity index (χ0n) is 40.2. The Morgan fingerprint density at radius 3 is 1.69 bits per heavy atom. The van der Waals surface area contributed by atoms with Gasteiger partial charge in [0.25, 0.3) is 6.71 Å². The standard InChI is InChI=1S/C58H70BN3/c1-52(2,3)37-20-18-21-40(32-37)60-47-34-39(54(7,8)9)24-26-44(47)59-45-23-19-22-42-51(45)62(58(13)31-17-14-28-55(42,58)10)49-36-41(35-48(60)50(49)59)61-46-27-25-38(53(4,5)6)33-43(46)56(11)29-15-16-30-57(56,61)12/h18-27,32-36H,14-17,28-31H2,1-13H3. The summed E-state index contributed by atoms with van der Waals surface area (Å²) in [6.07, 6.45) is 9.93. The highest BCUT2D eigenvalue weighted by atomic mass is 15.3. The molecule has 5 aromatic rings. The Labute approximate surface area is 374 Å². The maximum Gasteiger partial charge on any atom is 0.252 e. The van der Waals surface area contributed by atoms with E-state index in [-0.39, 0.29) is 44.9 Å². The molecule has 62 heavy (non-hydrogen) atoms. The van der Waals surface area contributed by atoms with Gasteiger partial charge in [0.2, 0.25) is 0 Å². The van der Waals surface area contributed by atoms with E-state index in [1.54, 1.807) is 11.1 Å². The second-order valence-corrected chi connectivity index (χ2v) is 24.5. The first kappa shape index (κ1) is 40.3. The third-order valence-electron chi connectivity index (χ3n) is 18.0. The molecule has 2 fully saturated rings. The Morgan fingerprint density at radius 2 is 1.02 bits per heavy atom. The highest BCUT2D eigenvalue weighted by Gasteiger charge is 2.62. The zero-order valence-corrected chi connectivity index (χ0v) is 40.2. The predicted octanol–water partition coefficient (Wildman–Crippen LogP) is 13.7. The van der Waals surface area contributed by atoms with Gasteiger partial charge in [-0.1, -0.05) is 156 Å². The molecule has 4 atom stereocenters. The number of rotatable bonds is 2. The van der Waals surface area contributed by atoms with Crippen molar-refractivity contribution in [1.82, 2.24) is 0 Å². The minimum atomic E-state index is -0.0700. The summed E-state index contributed by atoms with van der Waals surface area (Å²) in [5.41, 5.74) is 21.4. The molecule has 0 bridgehead atoms. The number of para-hydroxylation sites is 1. The van der Waals surface area contributed by atoms with Crippen molar-refractivity contribution in [3.63, 3.8) is 0 Å². The summed E-state index contributed by atoms with van der Waals surface area (Å²) in [7, 11) is 0. The smallest absolute Gasteiger partial charge is 0.252 e. The first-order valence-corrected chi connectivity index (χ1v) is 24.2. The predicted molar refractivity (Wildman–Crippen MR) is 267 cm³/mol. The summed E-state index contributed by atoms with van der Waals surface area (Å²) in [5.74, 6) is 0. The van der Waals surface area contributed by atoms with Gasteiger partial charge in [0.05, 0.1) is 11.1 Å². The second-order valence-electron chi connectivity index (χ2n) is 24.5. The molecule has 0 radical (unpaired) electrons. The average Bonchev–Trinajstić information content (AvgIpc) is 3.56. The highest BCUT2D eigenvalue weighted by molar-refractivity contribution is 7.00. The maximum atomic E-state index is 2.93. The lowest BCUT2D eigenvalue weighted by Gasteiger charge is -2.54. The average molecular weight is 820 g/mol. The van der Waals surface area contributed by atoms with E-state index >= 15 is 0 Å². The summed E-state index contributed by atoms with van der Waals surface area (Å²) < 4.78 is 0. The molecule has 6 aliphatic rings. The first-order chi connectivity index (χ1) is 29.1. The molecule has 2 saturated carbocycles. The molecular weight excluding hydrogens is 749 g/mol. The minimum Gasteiger partial charge on any atom is -0.335 e. The number of benzene rings is 5. The van der Waals surface area contributed by atoms with Crippen molar-refractivity contribution in [2.75, 3.05) is 14.7 Å². The van der Waals surface area contributed by atoms with Gasteiger partial charge in [-0.2, -0.15) is 0 Å². The molecule has 2 aliphatic carbocycles. The molecule has 0 spiro atoms. The van der Waals surface area contributed by atoms with Crippen LogP contribution < -0.4 is 31.1 Å². The van der Waals surface area contributed by atoms with Crippen LogP contribution >= 0.6 is 0 Å². The van der Waals surface area contributed by atoms with Crippen LogP contribution in [0, 0.1) is 0 Å². The van der Waals surface area contributed by atoms with Gasteiger partial charge in [0.1, 0.15) is 0 Å². The molecule has 4 aliphatic heterocycles. The lowest BCUT2D eigenvalue weighted by Crippen LogP contribution is -2.64. The Morgan fingerprint density at radius 1 is 0.452 bits per heavy atom.